The molecule has 8 nitrogen and oxygen atoms in total. The monoisotopic (exact) mass is 412 g/mol. The lowest BCUT2D eigenvalue weighted by atomic mass is 10.1. The number of benzene rings is 1. The third-order valence-corrected chi connectivity index (χ3v) is 4.44. The number of carbonyl (C=O) groups excluding carboxylic acids is 3. The van der Waals surface area contributed by atoms with Gasteiger partial charge in [0.25, 0.3) is 5.91 Å². The van der Waals surface area contributed by atoms with Gasteiger partial charge in [-0.1, -0.05) is 25.4 Å². The molecule has 0 unspecified atom stereocenters. The van der Waals surface area contributed by atoms with Crippen LogP contribution in [0.5, 0.6) is 11.5 Å². The zero-order valence-corrected chi connectivity index (χ0v) is 17.2. The smallest absolute Gasteiger partial charge is 0.339 e. The van der Waals surface area contributed by atoms with Gasteiger partial charge in [-0.3, -0.25) is 9.69 Å². The van der Waals surface area contributed by atoms with Crippen LogP contribution in [-0.4, -0.2) is 55.7 Å². The summed E-state index contributed by atoms with van der Waals surface area (Å²) in [4.78, 5) is 37.3. The average molecular weight is 413 g/mol. The second-order valence-electron chi connectivity index (χ2n) is 6.79. The molecule has 1 aliphatic rings. The highest BCUT2D eigenvalue weighted by Gasteiger charge is 2.32. The lowest BCUT2D eigenvalue weighted by Gasteiger charge is -2.19. The van der Waals surface area contributed by atoms with E-state index in [0.29, 0.717) is 30.6 Å². The average Bonchev–Trinajstić information content (AvgIpc) is 3.07. The van der Waals surface area contributed by atoms with Gasteiger partial charge in [-0.05, 0) is 31.4 Å². The summed E-state index contributed by atoms with van der Waals surface area (Å²) in [7, 11) is 1.44. The fourth-order valence-electron chi connectivity index (χ4n) is 2.55. The molecule has 154 valence electrons. The molecule has 2 rings (SSSR count). The summed E-state index contributed by atoms with van der Waals surface area (Å²) in [6.45, 7) is 6.64. The highest BCUT2D eigenvalue weighted by Crippen LogP contribution is 2.37. The first-order chi connectivity index (χ1) is 13.2. The first-order valence-electron chi connectivity index (χ1n) is 9.05. The van der Waals surface area contributed by atoms with Gasteiger partial charge >= 0.3 is 12.0 Å². The van der Waals surface area contributed by atoms with Gasteiger partial charge in [0, 0.05) is 13.1 Å². The maximum Gasteiger partial charge on any atom is 0.339 e. The minimum Gasteiger partial charge on any atom is -0.493 e. The number of amides is 3. The molecule has 1 atom stereocenters. The molecule has 0 aromatic heterocycles. The lowest BCUT2D eigenvalue weighted by molar-refractivity contribution is -0.136. The van der Waals surface area contributed by atoms with Gasteiger partial charge in [0.2, 0.25) is 0 Å². The summed E-state index contributed by atoms with van der Waals surface area (Å²) in [5.41, 5.74) is 0.114. The molecule has 0 bridgehead atoms. The van der Waals surface area contributed by atoms with Crippen LogP contribution >= 0.6 is 11.6 Å². The van der Waals surface area contributed by atoms with E-state index < -0.39 is 24.0 Å². The number of urea groups is 1. The maximum absolute atomic E-state index is 12.4. The van der Waals surface area contributed by atoms with E-state index >= 15 is 0 Å². The molecule has 0 aliphatic carbocycles. The van der Waals surface area contributed by atoms with Gasteiger partial charge in [-0.15, -0.1) is 0 Å². The Bertz CT molecular complexity index is 752. The molecule has 1 aromatic carbocycles. The summed E-state index contributed by atoms with van der Waals surface area (Å²) >= 11 is 6.25. The van der Waals surface area contributed by atoms with Crippen LogP contribution in [-0.2, 0) is 9.53 Å². The first-order valence-corrected chi connectivity index (χ1v) is 9.42. The molecule has 1 heterocycles. The van der Waals surface area contributed by atoms with E-state index in [1.165, 1.54) is 26.2 Å². The van der Waals surface area contributed by atoms with Crippen LogP contribution in [0.2, 0.25) is 5.02 Å². The summed E-state index contributed by atoms with van der Waals surface area (Å²) in [5.74, 6) is -0.236. The zero-order valence-electron chi connectivity index (χ0n) is 16.4. The third kappa shape index (κ3) is 5.28. The number of carbonyl (C=O) groups is 3. The summed E-state index contributed by atoms with van der Waals surface area (Å²) in [6.07, 6.45) is -0.282. The quantitative estimate of drug-likeness (QED) is 0.660. The van der Waals surface area contributed by atoms with Gasteiger partial charge in [0.15, 0.2) is 17.6 Å². The lowest BCUT2D eigenvalue weighted by Crippen LogP contribution is -2.41. The predicted octanol–water partition coefficient (Wildman–Crippen LogP) is 2.87. The Morgan fingerprint density at radius 2 is 2.00 bits per heavy atom. The predicted molar refractivity (Wildman–Crippen MR) is 103 cm³/mol. The Morgan fingerprint density at radius 3 is 2.57 bits per heavy atom. The number of halogens is 1. The first kappa shape index (κ1) is 21.8. The number of hydrogen-bond donors (Lipinski definition) is 1. The van der Waals surface area contributed by atoms with Crippen LogP contribution in [0, 0.1) is 5.92 Å². The van der Waals surface area contributed by atoms with Crippen molar-refractivity contribution in [1.29, 1.82) is 0 Å². The maximum atomic E-state index is 12.4. The van der Waals surface area contributed by atoms with Crippen molar-refractivity contribution >= 4 is 29.5 Å². The SMILES string of the molecule is COc1cc(C(=O)O[C@H](C)C(=O)N2CCNC2=O)cc(Cl)c1OCCC(C)C. The highest BCUT2D eigenvalue weighted by molar-refractivity contribution is 6.32. The normalized spacial score (nSPS) is 14.6. The van der Waals surface area contributed by atoms with E-state index in [2.05, 4.69) is 19.2 Å². The second kappa shape index (κ2) is 9.64. The number of methoxy groups -OCH3 is 1. The van der Waals surface area contributed by atoms with Crippen molar-refractivity contribution in [3.05, 3.63) is 22.7 Å². The fourth-order valence-corrected chi connectivity index (χ4v) is 2.82. The van der Waals surface area contributed by atoms with Crippen molar-refractivity contribution < 1.29 is 28.6 Å². The molecular weight excluding hydrogens is 388 g/mol. The van der Waals surface area contributed by atoms with Gasteiger partial charge in [-0.2, -0.15) is 0 Å². The molecule has 3 amide bonds. The third-order valence-electron chi connectivity index (χ3n) is 4.16. The Labute approximate surface area is 169 Å². The molecule has 0 spiro atoms. The Hall–Kier alpha value is -2.48. The minimum absolute atomic E-state index is 0.114. The Kier molecular flexibility index (Phi) is 7.51. The van der Waals surface area contributed by atoms with Crippen LogP contribution in [0.4, 0.5) is 4.79 Å². The van der Waals surface area contributed by atoms with Gasteiger partial charge in [-0.25, -0.2) is 9.59 Å². The molecule has 1 aromatic rings. The van der Waals surface area contributed by atoms with E-state index in [4.69, 9.17) is 25.8 Å². The van der Waals surface area contributed by atoms with Crippen molar-refractivity contribution in [1.82, 2.24) is 10.2 Å². The van der Waals surface area contributed by atoms with Crippen molar-refractivity contribution in [3.63, 3.8) is 0 Å². The molecule has 9 heteroatoms. The van der Waals surface area contributed by atoms with Crippen molar-refractivity contribution in [2.45, 2.75) is 33.3 Å². The molecule has 1 fully saturated rings. The fraction of sp³-hybridized carbons (Fsp3) is 0.526. The molecule has 1 N–H and O–H groups in total. The number of hydrogen-bond acceptors (Lipinski definition) is 6. The van der Waals surface area contributed by atoms with Crippen molar-refractivity contribution in [2.75, 3.05) is 26.8 Å². The number of nitrogens with zero attached hydrogens (tertiary/aromatic N) is 1. The summed E-state index contributed by atoms with van der Waals surface area (Å²) < 4.78 is 16.2. The van der Waals surface area contributed by atoms with Crippen LogP contribution in [0.25, 0.3) is 0 Å². The van der Waals surface area contributed by atoms with E-state index in [1.54, 1.807) is 0 Å². The van der Waals surface area contributed by atoms with Crippen molar-refractivity contribution in [3.8, 4) is 11.5 Å². The number of esters is 1. The van der Waals surface area contributed by atoms with E-state index in [0.717, 1.165) is 11.3 Å². The molecule has 1 aliphatic heterocycles. The zero-order chi connectivity index (χ0) is 20.8. The van der Waals surface area contributed by atoms with Gasteiger partial charge in [0.1, 0.15) is 0 Å². The van der Waals surface area contributed by atoms with Crippen LogP contribution < -0.4 is 14.8 Å². The number of rotatable bonds is 8. The number of imide groups is 1. The van der Waals surface area contributed by atoms with Crippen LogP contribution in [0.15, 0.2) is 12.1 Å². The largest absolute Gasteiger partial charge is 0.493 e. The van der Waals surface area contributed by atoms with E-state index in [1.807, 2.05) is 0 Å². The molecular formula is C19H25ClN2O6. The van der Waals surface area contributed by atoms with E-state index in [9.17, 15) is 14.4 Å². The standard InChI is InChI=1S/C19H25ClN2O6/c1-11(2)5-8-27-16-14(20)9-13(10-15(16)26-4)18(24)28-12(3)17(23)22-7-6-21-19(22)25/h9-12H,5-8H2,1-4H3,(H,21,25)/t12-/m1/s1. The highest BCUT2D eigenvalue weighted by atomic mass is 35.5. The Morgan fingerprint density at radius 1 is 1.29 bits per heavy atom. The van der Waals surface area contributed by atoms with Crippen LogP contribution in [0.1, 0.15) is 37.6 Å². The topological polar surface area (TPSA) is 94.2 Å². The molecule has 0 saturated carbocycles. The number of nitrogens with one attached hydrogen (secondary N) is 1. The van der Waals surface area contributed by atoms with Crippen molar-refractivity contribution in [2.24, 2.45) is 5.92 Å². The Balaban J connectivity index is 2.09. The van der Waals surface area contributed by atoms with Gasteiger partial charge in [0.05, 0.1) is 24.3 Å². The molecule has 28 heavy (non-hydrogen) atoms. The molecule has 1 saturated heterocycles. The van der Waals surface area contributed by atoms with Crippen LogP contribution in [0.3, 0.4) is 0 Å². The minimum atomic E-state index is -1.12. The summed E-state index contributed by atoms with van der Waals surface area (Å²) in [6, 6.07) is 2.34. The summed E-state index contributed by atoms with van der Waals surface area (Å²) in [5, 5.41) is 2.72. The number of ether oxygens (including phenoxy) is 3. The molecule has 0 radical (unpaired) electrons. The van der Waals surface area contributed by atoms with E-state index in [-0.39, 0.29) is 17.1 Å². The second-order valence-corrected chi connectivity index (χ2v) is 7.20. The van der Waals surface area contributed by atoms with Gasteiger partial charge < -0.3 is 19.5 Å².